The van der Waals surface area contributed by atoms with Gasteiger partial charge in [-0.3, -0.25) is 4.98 Å². The Morgan fingerprint density at radius 1 is 0.824 bits per heavy atom. The Hall–Kier alpha value is -3.61. The SMILES string of the molecule is Cc1nc(C)c(C(O)C(c2ccc3ccccc3n2)C(Nc2ccccn2)c2ccccc2)s1. The maximum atomic E-state index is 11.9. The van der Waals surface area contributed by atoms with E-state index in [0.717, 1.165) is 43.6 Å². The van der Waals surface area contributed by atoms with Gasteiger partial charge in [0.25, 0.3) is 0 Å². The highest BCUT2D eigenvalue weighted by molar-refractivity contribution is 7.11. The molecule has 5 nitrogen and oxygen atoms in total. The quantitative estimate of drug-likeness (QED) is 0.291. The lowest BCUT2D eigenvalue weighted by atomic mass is 9.84. The van der Waals surface area contributed by atoms with Crippen LogP contribution in [0.1, 0.15) is 44.9 Å². The van der Waals surface area contributed by atoms with Crippen LogP contribution >= 0.6 is 11.3 Å². The smallest absolute Gasteiger partial charge is 0.126 e. The Bertz CT molecular complexity index is 1390. The number of pyridine rings is 2. The van der Waals surface area contributed by atoms with Gasteiger partial charge in [0.15, 0.2) is 0 Å². The van der Waals surface area contributed by atoms with Gasteiger partial charge in [-0.25, -0.2) is 9.97 Å². The first-order valence-electron chi connectivity index (χ1n) is 11.3. The second kappa shape index (κ2) is 9.71. The molecule has 0 aliphatic rings. The van der Waals surface area contributed by atoms with Crippen LogP contribution in [0.25, 0.3) is 10.9 Å². The summed E-state index contributed by atoms with van der Waals surface area (Å²) in [6.45, 7) is 3.93. The van der Waals surface area contributed by atoms with Crippen LogP contribution in [0.15, 0.2) is 91.1 Å². The number of aromatic nitrogens is 3. The molecular formula is C28H26N4OS. The number of hydrogen-bond acceptors (Lipinski definition) is 6. The predicted molar refractivity (Wildman–Crippen MR) is 138 cm³/mol. The first-order chi connectivity index (χ1) is 16.6. The monoisotopic (exact) mass is 466 g/mol. The molecule has 0 fully saturated rings. The summed E-state index contributed by atoms with van der Waals surface area (Å²) < 4.78 is 0. The van der Waals surface area contributed by atoms with E-state index < -0.39 is 6.10 Å². The molecule has 0 aliphatic carbocycles. The third-order valence-corrected chi connectivity index (χ3v) is 7.14. The van der Waals surface area contributed by atoms with Crippen molar-refractivity contribution in [1.82, 2.24) is 15.0 Å². The zero-order valence-electron chi connectivity index (χ0n) is 19.1. The van der Waals surface area contributed by atoms with Crippen molar-refractivity contribution in [3.8, 4) is 0 Å². The van der Waals surface area contributed by atoms with Crippen molar-refractivity contribution in [1.29, 1.82) is 0 Å². The fourth-order valence-corrected chi connectivity index (χ4v) is 5.38. The van der Waals surface area contributed by atoms with Gasteiger partial charge in [-0.15, -0.1) is 11.3 Å². The lowest BCUT2D eigenvalue weighted by Crippen LogP contribution is -2.26. The van der Waals surface area contributed by atoms with E-state index in [2.05, 4.69) is 39.6 Å². The molecule has 34 heavy (non-hydrogen) atoms. The molecule has 3 aromatic heterocycles. The van der Waals surface area contributed by atoms with E-state index in [1.165, 1.54) is 11.3 Å². The normalized spacial score (nSPS) is 14.0. The predicted octanol–water partition coefficient (Wildman–Crippen LogP) is 6.37. The van der Waals surface area contributed by atoms with E-state index in [1.54, 1.807) is 6.20 Å². The molecule has 0 saturated carbocycles. The molecule has 5 aromatic rings. The number of hydrogen-bond donors (Lipinski definition) is 2. The topological polar surface area (TPSA) is 70.9 Å². The molecular weight excluding hydrogens is 440 g/mol. The first kappa shape index (κ1) is 22.2. The number of benzene rings is 2. The minimum atomic E-state index is -0.804. The van der Waals surface area contributed by atoms with Gasteiger partial charge in [-0.05, 0) is 43.7 Å². The minimum absolute atomic E-state index is 0.276. The van der Waals surface area contributed by atoms with Gasteiger partial charge in [-0.2, -0.15) is 0 Å². The second-order valence-electron chi connectivity index (χ2n) is 8.33. The largest absolute Gasteiger partial charge is 0.387 e. The van der Waals surface area contributed by atoms with Crippen LogP contribution in [0.3, 0.4) is 0 Å². The molecule has 5 rings (SSSR count). The second-order valence-corrected chi connectivity index (χ2v) is 9.56. The molecule has 2 N–H and O–H groups in total. The van der Waals surface area contributed by atoms with Crippen molar-refractivity contribution in [3.63, 3.8) is 0 Å². The lowest BCUT2D eigenvalue weighted by molar-refractivity contribution is 0.136. The maximum Gasteiger partial charge on any atom is 0.126 e. The Morgan fingerprint density at radius 2 is 1.59 bits per heavy atom. The van der Waals surface area contributed by atoms with Gasteiger partial charge in [0.2, 0.25) is 0 Å². The molecule has 3 unspecified atom stereocenters. The summed E-state index contributed by atoms with van der Waals surface area (Å²) in [6, 6.07) is 27.8. The fraction of sp³-hybridized carbons (Fsp3) is 0.179. The van der Waals surface area contributed by atoms with Crippen LogP contribution in [0.4, 0.5) is 5.82 Å². The first-order valence-corrected chi connectivity index (χ1v) is 12.1. The molecule has 3 atom stereocenters. The van der Waals surface area contributed by atoms with E-state index in [-0.39, 0.29) is 12.0 Å². The third-order valence-electron chi connectivity index (χ3n) is 6.00. The van der Waals surface area contributed by atoms with Crippen LogP contribution in [-0.2, 0) is 0 Å². The number of aryl methyl sites for hydroxylation is 2. The number of nitrogens with one attached hydrogen (secondary N) is 1. The van der Waals surface area contributed by atoms with Gasteiger partial charge in [0.05, 0.1) is 33.1 Å². The van der Waals surface area contributed by atoms with E-state index in [9.17, 15) is 5.11 Å². The summed E-state index contributed by atoms with van der Waals surface area (Å²) >= 11 is 1.54. The van der Waals surface area contributed by atoms with Gasteiger partial charge in [0.1, 0.15) is 11.9 Å². The summed E-state index contributed by atoms with van der Waals surface area (Å²) in [5, 5.41) is 17.5. The van der Waals surface area contributed by atoms with Crippen molar-refractivity contribution in [2.75, 3.05) is 5.32 Å². The Labute approximate surface area is 203 Å². The molecule has 0 aliphatic heterocycles. The Kier molecular flexibility index (Phi) is 6.34. The molecule has 0 saturated heterocycles. The number of rotatable bonds is 7. The van der Waals surface area contributed by atoms with Gasteiger partial charge < -0.3 is 10.4 Å². The molecule has 0 radical (unpaired) electrons. The fourth-order valence-electron chi connectivity index (χ4n) is 4.42. The van der Waals surface area contributed by atoms with Crippen molar-refractivity contribution < 1.29 is 5.11 Å². The third kappa shape index (κ3) is 4.55. The summed E-state index contributed by atoms with van der Waals surface area (Å²) in [4.78, 5) is 15.0. The van der Waals surface area contributed by atoms with E-state index in [1.807, 2.05) is 74.5 Å². The Morgan fingerprint density at radius 3 is 2.32 bits per heavy atom. The molecule has 0 bridgehead atoms. The lowest BCUT2D eigenvalue weighted by Gasteiger charge is -2.32. The highest BCUT2D eigenvalue weighted by Crippen LogP contribution is 2.44. The van der Waals surface area contributed by atoms with Crippen LogP contribution < -0.4 is 5.32 Å². The van der Waals surface area contributed by atoms with Crippen LogP contribution in [-0.4, -0.2) is 20.1 Å². The molecule has 0 spiro atoms. The molecule has 170 valence electrons. The number of aliphatic hydroxyl groups excluding tert-OH is 1. The number of fused-ring (bicyclic) bond motifs is 1. The number of anilines is 1. The number of thiazole rings is 1. The molecule has 0 amide bonds. The highest BCUT2D eigenvalue weighted by atomic mass is 32.1. The van der Waals surface area contributed by atoms with Gasteiger partial charge >= 0.3 is 0 Å². The number of aliphatic hydroxyl groups is 1. The maximum absolute atomic E-state index is 11.9. The highest BCUT2D eigenvalue weighted by Gasteiger charge is 2.35. The van der Waals surface area contributed by atoms with Crippen molar-refractivity contribution in [3.05, 3.63) is 118 Å². The zero-order chi connectivity index (χ0) is 23.5. The summed E-state index contributed by atoms with van der Waals surface area (Å²) in [7, 11) is 0. The van der Waals surface area contributed by atoms with E-state index in [4.69, 9.17) is 4.98 Å². The minimum Gasteiger partial charge on any atom is -0.387 e. The van der Waals surface area contributed by atoms with Crippen LogP contribution in [0.5, 0.6) is 0 Å². The molecule has 2 aromatic carbocycles. The molecule has 3 heterocycles. The van der Waals surface area contributed by atoms with Crippen molar-refractivity contribution in [2.45, 2.75) is 31.9 Å². The van der Waals surface area contributed by atoms with Crippen molar-refractivity contribution in [2.24, 2.45) is 0 Å². The average Bonchev–Trinajstić information content (AvgIpc) is 3.22. The van der Waals surface area contributed by atoms with Gasteiger partial charge in [0, 0.05) is 17.3 Å². The van der Waals surface area contributed by atoms with Crippen LogP contribution in [0, 0.1) is 13.8 Å². The van der Waals surface area contributed by atoms with E-state index >= 15 is 0 Å². The summed E-state index contributed by atoms with van der Waals surface area (Å²) in [5.74, 6) is 0.360. The van der Waals surface area contributed by atoms with Gasteiger partial charge in [-0.1, -0.05) is 60.7 Å². The van der Waals surface area contributed by atoms with Crippen LogP contribution in [0.2, 0.25) is 0 Å². The summed E-state index contributed by atoms with van der Waals surface area (Å²) in [5.41, 5.74) is 3.62. The van der Waals surface area contributed by atoms with Crippen molar-refractivity contribution >= 4 is 28.1 Å². The average molecular weight is 467 g/mol. The van der Waals surface area contributed by atoms with E-state index in [0.29, 0.717) is 0 Å². The summed E-state index contributed by atoms with van der Waals surface area (Å²) in [6.07, 6.45) is 0.960. The Balaban J connectivity index is 1.68. The molecule has 6 heteroatoms. The number of nitrogens with zero attached hydrogens (tertiary/aromatic N) is 3. The standard InChI is InChI=1S/C28H26N4OS/c1-18-28(34-19(2)30-18)27(33)25(23-16-15-20-10-6-7-13-22(20)31-23)26(21-11-4-3-5-12-21)32-24-14-8-9-17-29-24/h3-17,25-27,33H,1-2H3,(H,29,32). The number of para-hydroxylation sites is 1. The zero-order valence-corrected chi connectivity index (χ0v) is 19.9.